The van der Waals surface area contributed by atoms with Gasteiger partial charge in [0, 0.05) is 24.5 Å². The van der Waals surface area contributed by atoms with Crippen molar-refractivity contribution in [2.75, 3.05) is 6.26 Å². The maximum Gasteiger partial charge on any atom is 0.175 e. The Labute approximate surface area is 179 Å². The molecule has 1 aliphatic rings. The Hall–Kier alpha value is -2.18. The van der Waals surface area contributed by atoms with Crippen LogP contribution in [0.25, 0.3) is 0 Å². The quantitative estimate of drug-likeness (QED) is 0.396. The number of oxime groups is 1. The minimum Gasteiger partial charge on any atom is -0.411 e. The second kappa shape index (κ2) is 8.90. The molecule has 0 bridgehead atoms. The molecular weight excluding hydrogens is 398 g/mol. The van der Waals surface area contributed by atoms with Crippen LogP contribution in [0.1, 0.15) is 61.6 Å². The summed E-state index contributed by atoms with van der Waals surface area (Å²) in [7, 11) is -3.26. The van der Waals surface area contributed by atoms with Gasteiger partial charge in [0.1, 0.15) is 0 Å². The molecule has 2 aromatic rings. The molecule has 0 aromatic heterocycles. The molecule has 1 fully saturated rings. The Morgan fingerprint density at radius 1 is 1.13 bits per heavy atom. The summed E-state index contributed by atoms with van der Waals surface area (Å²) >= 11 is 0. The summed E-state index contributed by atoms with van der Waals surface area (Å²) in [6, 6.07) is 15.1. The maximum atomic E-state index is 11.8. The second-order valence-electron chi connectivity index (χ2n) is 8.82. The Kier molecular flexibility index (Phi) is 6.68. The smallest absolute Gasteiger partial charge is 0.175 e. The average molecular weight is 430 g/mol. The fraction of sp³-hybridized carbons (Fsp3) is 0.458. The lowest BCUT2D eigenvalue weighted by atomic mass is 9.74. The third-order valence-corrected chi connectivity index (χ3v) is 7.48. The number of hydrogen-bond acceptors (Lipinski definition) is 5. The van der Waals surface area contributed by atoms with Gasteiger partial charge in [0.15, 0.2) is 9.84 Å². The monoisotopic (exact) mass is 429 g/mol. The van der Waals surface area contributed by atoms with Crippen LogP contribution in [0.15, 0.2) is 58.6 Å². The highest BCUT2D eigenvalue weighted by atomic mass is 32.2. The van der Waals surface area contributed by atoms with Crippen molar-refractivity contribution < 1.29 is 18.7 Å². The lowest BCUT2D eigenvalue weighted by molar-refractivity contribution is 0.0153. The highest BCUT2D eigenvalue weighted by Crippen LogP contribution is 2.37. The average Bonchev–Trinajstić information content (AvgIpc) is 2.70. The number of sulfone groups is 1. The summed E-state index contributed by atoms with van der Waals surface area (Å²) in [5.74, 6) is 0.0881. The summed E-state index contributed by atoms with van der Waals surface area (Å²) in [5, 5.41) is 23.8. The summed E-state index contributed by atoms with van der Waals surface area (Å²) in [4.78, 5) is 0.292. The third-order valence-electron chi connectivity index (χ3n) is 6.35. The van der Waals surface area contributed by atoms with E-state index in [-0.39, 0.29) is 11.8 Å². The summed E-state index contributed by atoms with van der Waals surface area (Å²) in [6.45, 7) is 3.92. The molecule has 0 unspecified atom stereocenters. The SMILES string of the molecule is Cc1ccccc1[C@H](C/C(=N\O)C1CCC(C)(O)CC1)c1ccc(S(C)(=O)=O)cc1. The number of hydrogen-bond donors (Lipinski definition) is 2. The van der Waals surface area contributed by atoms with Gasteiger partial charge in [0.2, 0.25) is 0 Å². The minimum atomic E-state index is -3.26. The van der Waals surface area contributed by atoms with E-state index in [9.17, 15) is 18.7 Å². The van der Waals surface area contributed by atoms with Gasteiger partial charge in [-0.05, 0) is 68.4 Å². The largest absolute Gasteiger partial charge is 0.411 e. The van der Waals surface area contributed by atoms with Gasteiger partial charge in [-0.25, -0.2) is 8.42 Å². The predicted octanol–water partition coefficient (Wildman–Crippen LogP) is 4.69. The third kappa shape index (κ3) is 5.29. The van der Waals surface area contributed by atoms with Gasteiger partial charge in [-0.15, -0.1) is 0 Å². The molecule has 1 aliphatic carbocycles. The molecule has 2 aromatic carbocycles. The van der Waals surface area contributed by atoms with Crippen molar-refractivity contribution in [3.63, 3.8) is 0 Å². The first-order valence-electron chi connectivity index (χ1n) is 10.4. The summed E-state index contributed by atoms with van der Waals surface area (Å²) in [6.07, 6.45) is 4.71. The van der Waals surface area contributed by atoms with Crippen LogP contribution in [-0.2, 0) is 9.84 Å². The van der Waals surface area contributed by atoms with Crippen molar-refractivity contribution in [3.05, 3.63) is 65.2 Å². The standard InChI is InChI=1S/C24H31NO4S/c1-17-6-4-5-7-21(17)22(18-8-10-20(11-9-18)30(3,28)29)16-23(25-27)19-12-14-24(2,26)15-13-19/h4-11,19,22,26-27H,12-16H2,1-3H3/b25-23+/t19?,22-,24?/m1/s1. The number of nitrogens with zero attached hydrogens (tertiary/aromatic N) is 1. The highest BCUT2D eigenvalue weighted by molar-refractivity contribution is 7.90. The number of rotatable bonds is 6. The highest BCUT2D eigenvalue weighted by Gasteiger charge is 2.32. The molecule has 1 saturated carbocycles. The van der Waals surface area contributed by atoms with Gasteiger partial charge in [-0.3, -0.25) is 0 Å². The number of aliphatic hydroxyl groups is 1. The van der Waals surface area contributed by atoms with Gasteiger partial charge in [-0.2, -0.15) is 0 Å². The van der Waals surface area contributed by atoms with Crippen LogP contribution in [0.4, 0.5) is 0 Å². The normalized spacial score (nSPS) is 23.9. The predicted molar refractivity (Wildman–Crippen MR) is 119 cm³/mol. The van der Waals surface area contributed by atoms with E-state index in [2.05, 4.69) is 24.2 Å². The van der Waals surface area contributed by atoms with Crippen molar-refractivity contribution >= 4 is 15.5 Å². The van der Waals surface area contributed by atoms with Crippen molar-refractivity contribution in [3.8, 4) is 0 Å². The molecule has 0 radical (unpaired) electrons. The van der Waals surface area contributed by atoms with Gasteiger partial charge in [0.25, 0.3) is 0 Å². The summed E-state index contributed by atoms with van der Waals surface area (Å²) in [5.41, 5.74) is 3.35. The topological polar surface area (TPSA) is 87.0 Å². The van der Waals surface area contributed by atoms with Crippen LogP contribution in [-0.4, -0.2) is 36.3 Å². The fourth-order valence-electron chi connectivity index (χ4n) is 4.40. The Morgan fingerprint density at radius 2 is 1.73 bits per heavy atom. The van der Waals surface area contributed by atoms with Gasteiger partial charge >= 0.3 is 0 Å². The zero-order valence-electron chi connectivity index (χ0n) is 17.9. The van der Waals surface area contributed by atoms with Crippen LogP contribution >= 0.6 is 0 Å². The molecule has 6 heteroatoms. The van der Waals surface area contributed by atoms with E-state index in [4.69, 9.17) is 0 Å². The van der Waals surface area contributed by atoms with Crippen molar-refractivity contribution in [2.45, 2.75) is 62.4 Å². The van der Waals surface area contributed by atoms with Crippen LogP contribution in [0.3, 0.4) is 0 Å². The molecule has 0 saturated heterocycles. The van der Waals surface area contributed by atoms with Gasteiger partial charge < -0.3 is 10.3 Å². The molecule has 0 aliphatic heterocycles. The Balaban J connectivity index is 1.93. The molecule has 162 valence electrons. The van der Waals surface area contributed by atoms with Crippen molar-refractivity contribution in [1.82, 2.24) is 0 Å². The van der Waals surface area contributed by atoms with Crippen molar-refractivity contribution in [1.29, 1.82) is 0 Å². The van der Waals surface area contributed by atoms with Crippen LogP contribution < -0.4 is 0 Å². The molecule has 30 heavy (non-hydrogen) atoms. The molecular formula is C24H31NO4S. The van der Waals surface area contributed by atoms with Crippen LogP contribution in [0.2, 0.25) is 0 Å². The first-order valence-corrected chi connectivity index (χ1v) is 12.3. The summed E-state index contributed by atoms with van der Waals surface area (Å²) < 4.78 is 23.7. The Bertz CT molecular complexity index is 1000. The van der Waals surface area contributed by atoms with E-state index in [0.29, 0.717) is 24.2 Å². The van der Waals surface area contributed by atoms with E-state index in [1.54, 1.807) is 12.1 Å². The van der Waals surface area contributed by atoms with Gasteiger partial charge in [-0.1, -0.05) is 41.6 Å². The van der Waals surface area contributed by atoms with E-state index >= 15 is 0 Å². The second-order valence-corrected chi connectivity index (χ2v) is 10.8. The Morgan fingerprint density at radius 3 is 2.27 bits per heavy atom. The van der Waals surface area contributed by atoms with Crippen LogP contribution in [0, 0.1) is 12.8 Å². The van der Waals surface area contributed by atoms with Gasteiger partial charge in [0.05, 0.1) is 16.2 Å². The number of benzene rings is 2. The van der Waals surface area contributed by atoms with Crippen LogP contribution in [0.5, 0.6) is 0 Å². The molecule has 0 amide bonds. The van der Waals surface area contributed by atoms with Crippen molar-refractivity contribution in [2.24, 2.45) is 11.1 Å². The van der Waals surface area contributed by atoms with E-state index in [1.165, 1.54) is 6.26 Å². The van der Waals surface area contributed by atoms with E-state index < -0.39 is 15.4 Å². The molecule has 3 rings (SSSR count). The molecule has 2 N–H and O–H groups in total. The first kappa shape index (κ1) is 22.5. The molecule has 0 heterocycles. The lowest BCUT2D eigenvalue weighted by Crippen LogP contribution is -2.33. The molecule has 1 atom stereocenters. The zero-order chi connectivity index (χ0) is 21.9. The van der Waals surface area contributed by atoms with E-state index in [0.717, 1.165) is 35.2 Å². The molecule has 5 nitrogen and oxygen atoms in total. The van der Waals surface area contributed by atoms with E-state index in [1.807, 2.05) is 31.2 Å². The first-order chi connectivity index (χ1) is 14.1. The lowest BCUT2D eigenvalue weighted by Gasteiger charge is -2.34. The minimum absolute atomic E-state index is 0.0480. The molecule has 0 spiro atoms. The maximum absolute atomic E-state index is 11.8. The zero-order valence-corrected chi connectivity index (χ0v) is 18.7. The fourth-order valence-corrected chi connectivity index (χ4v) is 5.03. The number of aryl methyl sites for hydroxylation is 1.